The molecule has 1 amide bonds. The number of hydrogen-bond donors (Lipinski definition) is 1. The van der Waals surface area contributed by atoms with E-state index in [2.05, 4.69) is 15.5 Å². The number of anilines is 2. The number of ether oxygens (including phenoxy) is 2. The first-order valence-electron chi connectivity index (χ1n) is 9.30. The number of carbonyl (C=O) groups excluding carboxylic acids is 1. The molecule has 1 aromatic heterocycles. The number of nitrogens with zero attached hydrogens (tertiary/aromatic N) is 3. The Morgan fingerprint density at radius 2 is 1.81 bits per heavy atom. The van der Waals surface area contributed by atoms with Crippen LogP contribution in [0.2, 0.25) is 0 Å². The molecule has 0 aliphatic carbocycles. The Morgan fingerprint density at radius 1 is 1.09 bits per heavy atom. The molecule has 0 saturated carbocycles. The van der Waals surface area contributed by atoms with Crippen molar-refractivity contribution in [2.24, 2.45) is 0 Å². The van der Waals surface area contributed by atoms with Crippen molar-refractivity contribution in [3.05, 3.63) is 54.1 Å². The van der Waals surface area contributed by atoms with Crippen LogP contribution in [-0.4, -0.2) is 51.5 Å². The molecule has 0 saturated heterocycles. The van der Waals surface area contributed by atoms with Crippen LogP contribution in [0, 0.1) is 0 Å². The van der Waals surface area contributed by atoms with E-state index in [-0.39, 0.29) is 5.69 Å². The van der Waals surface area contributed by atoms with Gasteiger partial charge in [-0.25, -0.2) is 8.42 Å². The zero-order chi connectivity index (χ0) is 23.1. The van der Waals surface area contributed by atoms with Crippen LogP contribution in [0.3, 0.4) is 0 Å². The van der Waals surface area contributed by atoms with E-state index in [4.69, 9.17) is 9.47 Å². The highest BCUT2D eigenvalue weighted by molar-refractivity contribution is 8.00. The van der Waals surface area contributed by atoms with Gasteiger partial charge in [-0.2, -0.15) is 0 Å². The standard InChI is InChI=1S/C20H22N4O5S3/c1-28-16-10-9-15(11-17(16)29-2)24(32(3,26)27)12-18(25)21-19-22-23-20(31-19)30-13-14-7-5-4-6-8-14/h4-11H,12-13H2,1-3H3,(H,21,22,25). The summed E-state index contributed by atoms with van der Waals surface area (Å²) < 4.78 is 36.8. The van der Waals surface area contributed by atoms with E-state index in [1.165, 1.54) is 43.4 Å². The van der Waals surface area contributed by atoms with Crippen LogP contribution in [0.4, 0.5) is 10.8 Å². The maximum absolute atomic E-state index is 12.6. The maximum Gasteiger partial charge on any atom is 0.246 e. The normalized spacial score (nSPS) is 11.1. The van der Waals surface area contributed by atoms with Crippen LogP contribution >= 0.6 is 23.1 Å². The van der Waals surface area contributed by atoms with Crippen LogP contribution in [0.25, 0.3) is 0 Å². The second-order valence-electron chi connectivity index (χ2n) is 6.50. The molecule has 0 radical (unpaired) electrons. The van der Waals surface area contributed by atoms with E-state index in [9.17, 15) is 13.2 Å². The minimum Gasteiger partial charge on any atom is -0.493 e. The highest BCUT2D eigenvalue weighted by Gasteiger charge is 2.23. The molecule has 2 aromatic carbocycles. The molecule has 0 aliphatic rings. The molecule has 0 bridgehead atoms. The zero-order valence-electron chi connectivity index (χ0n) is 17.6. The molecular formula is C20H22N4O5S3. The molecule has 0 unspecified atom stereocenters. The second-order valence-corrected chi connectivity index (χ2v) is 10.6. The molecule has 1 heterocycles. The average molecular weight is 495 g/mol. The fourth-order valence-electron chi connectivity index (χ4n) is 2.71. The predicted octanol–water partition coefficient (Wildman–Crippen LogP) is 3.25. The molecule has 1 N–H and O–H groups in total. The lowest BCUT2D eigenvalue weighted by Crippen LogP contribution is -2.37. The lowest BCUT2D eigenvalue weighted by atomic mass is 10.2. The first-order valence-corrected chi connectivity index (χ1v) is 12.9. The summed E-state index contributed by atoms with van der Waals surface area (Å²) in [6, 6.07) is 14.5. The number of methoxy groups -OCH3 is 2. The Bertz CT molecular complexity index is 1170. The van der Waals surface area contributed by atoms with Gasteiger partial charge in [0.2, 0.25) is 21.1 Å². The van der Waals surface area contributed by atoms with E-state index in [0.717, 1.165) is 21.9 Å². The molecule has 12 heteroatoms. The van der Waals surface area contributed by atoms with Gasteiger partial charge in [-0.3, -0.25) is 14.4 Å². The Kier molecular flexibility index (Phi) is 7.94. The second kappa shape index (κ2) is 10.7. The van der Waals surface area contributed by atoms with Crippen LogP contribution in [-0.2, 0) is 20.6 Å². The summed E-state index contributed by atoms with van der Waals surface area (Å²) in [6.45, 7) is -0.430. The van der Waals surface area contributed by atoms with E-state index in [0.29, 0.717) is 21.0 Å². The van der Waals surface area contributed by atoms with Gasteiger partial charge < -0.3 is 9.47 Å². The third-order valence-corrected chi connectivity index (χ3v) is 7.38. The van der Waals surface area contributed by atoms with Crippen molar-refractivity contribution >= 4 is 49.8 Å². The van der Waals surface area contributed by atoms with Gasteiger partial charge in [0, 0.05) is 11.8 Å². The van der Waals surface area contributed by atoms with Crippen molar-refractivity contribution in [1.82, 2.24) is 10.2 Å². The minimum absolute atomic E-state index is 0.275. The highest BCUT2D eigenvalue weighted by atomic mass is 32.2. The van der Waals surface area contributed by atoms with E-state index >= 15 is 0 Å². The molecule has 9 nitrogen and oxygen atoms in total. The van der Waals surface area contributed by atoms with Crippen LogP contribution in [0.5, 0.6) is 11.5 Å². The minimum atomic E-state index is -3.74. The van der Waals surface area contributed by atoms with Gasteiger partial charge in [0.15, 0.2) is 15.8 Å². The van der Waals surface area contributed by atoms with E-state index in [1.54, 1.807) is 12.1 Å². The number of sulfonamides is 1. The summed E-state index contributed by atoms with van der Waals surface area (Å²) in [6.07, 6.45) is 1.03. The van der Waals surface area contributed by atoms with Gasteiger partial charge in [-0.1, -0.05) is 53.4 Å². The van der Waals surface area contributed by atoms with Gasteiger partial charge in [0.1, 0.15) is 6.54 Å². The molecule has 0 fully saturated rings. The lowest BCUT2D eigenvalue weighted by molar-refractivity contribution is -0.114. The number of rotatable bonds is 10. The van der Waals surface area contributed by atoms with Gasteiger partial charge in [-0.15, -0.1) is 10.2 Å². The summed E-state index contributed by atoms with van der Waals surface area (Å²) in [5, 5.41) is 11.0. The van der Waals surface area contributed by atoms with Gasteiger partial charge in [0.05, 0.1) is 26.2 Å². The molecule has 0 aliphatic heterocycles. The summed E-state index contributed by atoms with van der Waals surface area (Å²) in [7, 11) is -0.818. The van der Waals surface area contributed by atoms with Crippen molar-refractivity contribution in [3.8, 4) is 11.5 Å². The number of benzene rings is 2. The smallest absolute Gasteiger partial charge is 0.246 e. The molecule has 170 valence electrons. The average Bonchev–Trinajstić information content (AvgIpc) is 3.22. The first kappa shape index (κ1) is 23.8. The maximum atomic E-state index is 12.6. The quantitative estimate of drug-likeness (QED) is 0.338. The SMILES string of the molecule is COc1ccc(N(CC(=O)Nc2nnc(SCc3ccccc3)s2)S(C)(=O)=O)cc1OC. The number of aromatic nitrogens is 2. The Labute approximate surface area is 194 Å². The fourth-order valence-corrected chi connectivity index (χ4v) is 5.28. The van der Waals surface area contributed by atoms with Crippen LogP contribution in [0.1, 0.15) is 5.56 Å². The highest BCUT2D eigenvalue weighted by Crippen LogP contribution is 2.32. The molecule has 3 aromatic rings. The molecule has 0 spiro atoms. The number of carbonyl (C=O) groups is 1. The topological polar surface area (TPSA) is 111 Å². The third kappa shape index (κ3) is 6.34. The summed E-state index contributed by atoms with van der Waals surface area (Å²) >= 11 is 2.73. The summed E-state index contributed by atoms with van der Waals surface area (Å²) in [4.78, 5) is 12.6. The van der Waals surface area contributed by atoms with E-state index in [1.807, 2.05) is 30.3 Å². The lowest BCUT2D eigenvalue weighted by Gasteiger charge is -2.22. The zero-order valence-corrected chi connectivity index (χ0v) is 20.1. The largest absolute Gasteiger partial charge is 0.493 e. The number of nitrogens with one attached hydrogen (secondary N) is 1. The number of hydrogen-bond acceptors (Lipinski definition) is 9. The van der Waals surface area contributed by atoms with Gasteiger partial charge in [0.25, 0.3) is 0 Å². The van der Waals surface area contributed by atoms with Crippen molar-refractivity contribution in [2.75, 3.05) is 36.6 Å². The van der Waals surface area contributed by atoms with Crippen LogP contribution in [0.15, 0.2) is 52.9 Å². The molecule has 0 atom stereocenters. The first-order chi connectivity index (χ1) is 15.3. The summed E-state index contributed by atoms with van der Waals surface area (Å²) in [5.74, 6) is 0.984. The Morgan fingerprint density at radius 3 is 2.47 bits per heavy atom. The Balaban J connectivity index is 1.67. The van der Waals surface area contributed by atoms with Gasteiger partial charge >= 0.3 is 0 Å². The van der Waals surface area contributed by atoms with Crippen molar-refractivity contribution in [1.29, 1.82) is 0 Å². The van der Waals surface area contributed by atoms with Crippen molar-refractivity contribution in [2.45, 2.75) is 10.1 Å². The Hall–Kier alpha value is -2.83. The fraction of sp³-hybridized carbons (Fsp3) is 0.250. The monoisotopic (exact) mass is 494 g/mol. The predicted molar refractivity (Wildman–Crippen MR) is 126 cm³/mol. The number of amides is 1. The van der Waals surface area contributed by atoms with Crippen molar-refractivity contribution in [3.63, 3.8) is 0 Å². The van der Waals surface area contributed by atoms with Crippen molar-refractivity contribution < 1.29 is 22.7 Å². The van der Waals surface area contributed by atoms with Gasteiger partial charge in [-0.05, 0) is 17.7 Å². The summed E-state index contributed by atoms with van der Waals surface area (Å²) in [5.41, 5.74) is 1.42. The number of thioether (sulfide) groups is 1. The molecule has 32 heavy (non-hydrogen) atoms. The molecular weight excluding hydrogens is 472 g/mol. The molecule has 3 rings (SSSR count). The van der Waals surface area contributed by atoms with E-state index < -0.39 is 22.5 Å². The van der Waals surface area contributed by atoms with Crippen LogP contribution < -0.4 is 19.1 Å². The third-order valence-electron chi connectivity index (χ3n) is 4.20.